The van der Waals surface area contributed by atoms with E-state index in [0.29, 0.717) is 5.82 Å². The van der Waals surface area contributed by atoms with Gasteiger partial charge in [0.2, 0.25) is 5.01 Å². The lowest BCUT2D eigenvalue weighted by Crippen LogP contribution is -2.23. The van der Waals surface area contributed by atoms with Gasteiger partial charge < -0.3 is 5.32 Å². The standard InChI is InChI=1S/C11H9F2N3OS/c1-6-15-11(18-16-6)10(17)14-5-7-2-3-8(12)4-9(7)13/h2-4H,5H2,1H3,(H,14,17). The molecule has 0 atom stereocenters. The summed E-state index contributed by atoms with van der Waals surface area (Å²) < 4.78 is 29.8. The molecule has 0 fully saturated rings. The van der Waals surface area contributed by atoms with Gasteiger partial charge in [0.15, 0.2) is 0 Å². The van der Waals surface area contributed by atoms with Gasteiger partial charge in [-0.15, -0.1) is 0 Å². The molecule has 18 heavy (non-hydrogen) atoms. The maximum absolute atomic E-state index is 13.3. The van der Waals surface area contributed by atoms with E-state index < -0.39 is 17.5 Å². The van der Waals surface area contributed by atoms with E-state index in [-0.39, 0.29) is 17.1 Å². The summed E-state index contributed by atoms with van der Waals surface area (Å²) in [6, 6.07) is 3.20. The quantitative estimate of drug-likeness (QED) is 0.927. The number of benzene rings is 1. The number of nitrogens with zero attached hydrogens (tertiary/aromatic N) is 2. The highest BCUT2D eigenvalue weighted by molar-refractivity contribution is 7.07. The van der Waals surface area contributed by atoms with Crippen molar-refractivity contribution in [2.45, 2.75) is 13.5 Å². The summed E-state index contributed by atoms with van der Waals surface area (Å²) >= 11 is 0.973. The van der Waals surface area contributed by atoms with Gasteiger partial charge in [0.25, 0.3) is 5.91 Å². The number of hydrogen-bond donors (Lipinski definition) is 1. The second kappa shape index (κ2) is 5.18. The Kier molecular flexibility index (Phi) is 3.61. The lowest BCUT2D eigenvalue weighted by Gasteiger charge is -2.04. The summed E-state index contributed by atoms with van der Waals surface area (Å²) in [4.78, 5) is 15.5. The van der Waals surface area contributed by atoms with Crippen molar-refractivity contribution in [1.82, 2.24) is 14.7 Å². The number of rotatable bonds is 3. The van der Waals surface area contributed by atoms with E-state index >= 15 is 0 Å². The number of halogens is 2. The summed E-state index contributed by atoms with van der Waals surface area (Å²) in [7, 11) is 0. The van der Waals surface area contributed by atoms with Gasteiger partial charge in [-0.05, 0) is 24.5 Å². The van der Waals surface area contributed by atoms with E-state index in [0.717, 1.165) is 23.7 Å². The lowest BCUT2D eigenvalue weighted by molar-refractivity contribution is 0.0950. The molecule has 0 saturated carbocycles. The van der Waals surface area contributed by atoms with Crippen LogP contribution in [0.2, 0.25) is 0 Å². The topological polar surface area (TPSA) is 54.9 Å². The predicted octanol–water partition coefficient (Wildman–Crippen LogP) is 2.05. The molecule has 4 nitrogen and oxygen atoms in total. The maximum atomic E-state index is 13.3. The van der Waals surface area contributed by atoms with Crippen LogP contribution in [0.4, 0.5) is 8.78 Å². The van der Waals surface area contributed by atoms with Crippen molar-refractivity contribution in [3.8, 4) is 0 Å². The molecule has 1 aromatic carbocycles. The van der Waals surface area contributed by atoms with E-state index in [9.17, 15) is 13.6 Å². The van der Waals surface area contributed by atoms with Gasteiger partial charge in [-0.3, -0.25) is 4.79 Å². The molecule has 1 amide bonds. The molecule has 0 saturated heterocycles. The largest absolute Gasteiger partial charge is 0.346 e. The first-order chi connectivity index (χ1) is 8.56. The van der Waals surface area contributed by atoms with Crippen molar-refractivity contribution in [3.63, 3.8) is 0 Å². The first kappa shape index (κ1) is 12.6. The third-order valence-electron chi connectivity index (χ3n) is 2.18. The van der Waals surface area contributed by atoms with Gasteiger partial charge in [0.1, 0.15) is 17.5 Å². The molecule has 7 heteroatoms. The fraction of sp³-hybridized carbons (Fsp3) is 0.182. The van der Waals surface area contributed by atoms with Crippen LogP contribution in [-0.4, -0.2) is 15.3 Å². The molecule has 0 bridgehead atoms. The average Bonchev–Trinajstić information content (AvgIpc) is 2.74. The van der Waals surface area contributed by atoms with Crippen LogP contribution in [0, 0.1) is 18.6 Å². The van der Waals surface area contributed by atoms with Gasteiger partial charge in [0, 0.05) is 18.2 Å². The van der Waals surface area contributed by atoms with Crippen LogP contribution in [0.15, 0.2) is 18.2 Å². The molecule has 1 N–H and O–H groups in total. The SMILES string of the molecule is Cc1nsc(C(=O)NCc2ccc(F)cc2F)n1. The molecule has 2 aromatic rings. The molecule has 0 aliphatic rings. The minimum absolute atomic E-state index is 0.0242. The first-order valence-electron chi connectivity index (χ1n) is 5.08. The van der Waals surface area contributed by atoms with Crippen LogP contribution < -0.4 is 5.32 Å². The monoisotopic (exact) mass is 269 g/mol. The second-order valence-electron chi connectivity index (χ2n) is 3.57. The molecule has 0 aliphatic carbocycles. The Labute approximate surface area is 106 Å². The number of carbonyl (C=O) groups excluding carboxylic acids is 1. The molecule has 0 unspecified atom stereocenters. The van der Waals surface area contributed by atoms with Crippen LogP contribution in [0.1, 0.15) is 21.2 Å². The van der Waals surface area contributed by atoms with E-state index in [1.165, 1.54) is 6.07 Å². The van der Waals surface area contributed by atoms with Crippen LogP contribution in [0.3, 0.4) is 0 Å². The number of carbonyl (C=O) groups is 1. The zero-order valence-electron chi connectivity index (χ0n) is 9.41. The Morgan fingerprint density at radius 2 is 2.22 bits per heavy atom. The van der Waals surface area contributed by atoms with Crippen molar-refractivity contribution in [2.24, 2.45) is 0 Å². The summed E-state index contributed by atoms with van der Waals surface area (Å²) in [5, 5.41) is 2.71. The van der Waals surface area contributed by atoms with E-state index in [1.54, 1.807) is 6.92 Å². The fourth-order valence-corrected chi connectivity index (χ4v) is 1.89. The number of aromatic nitrogens is 2. The van der Waals surface area contributed by atoms with Crippen molar-refractivity contribution < 1.29 is 13.6 Å². The summed E-state index contributed by atoms with van der Waals surface area (Å²) in [6.45, 7) is 1.65. The fourth-order valence-electron chi connectivity index (χ4n) is 1.31. The molecular formula is C11H9F2N3OS. The number of nitrogens with one attached hydrogen (secondary N) is 1. The van der Waals surface area contributed by atoms with Crippen molar-refractivity contribution in [1.29, 1.82) is 0 Å². The Morgan fingerprint density at radius 1 is 1.44 bits per heavy atom. The number of aryl methyl sites for hydroxylation is 1. The molecule has 94 valence electrons. The van der Waals surface area contributed by atoms with E-state index in [1.807, 2.05) is 0 Å². The number of hydrogen-bond acceptors (Lipinski definition) is 4. The minimum Gasteiger partial charge on any atom is -0.346 e. The van der Waals surface area contributed by atoms with Gasteiger partial charge in [-0.1, -0.05) is 6.07 Å². The summed E-state index contributed by atoms with van der Waals surface area (Å²) in [5.74, 6) is -1.26. The Balaban J connectivity index is 2.01. The Bertz CT molecular complexity index is 585. The highest BCUT2D eigenvalue weighted by Crippen LogP contribution is 2.10. The van der Waals surface area contributed by atoms with Gasteiger partial charge in [-0.2, -0.15) is 4.37 Å². The van der Waals surface area contributed by atoms with Gasteiger partial charge >= 0.3 is 0 Å². The van der Waals surface area contributed by atoms with Crippen molar-refractivity contribution in [2.75, 3.05) is 0 Å². The molecule has 1 heterocycles. The third-order valence-corrected chi connectivity index (χ3v) is 2.98. The van der Waals surface area contributed by atoms with Crippen LogP contribution in [0.5, 0.6) is 0 Å². The summed E-state index contributed by atoms with van der Waals surface area (Å²) in [6.07, 6.45) is 0. The van der Waals surface area contributed by atoms with E-state index in [4.69, 9.17) is 0 Å². The van der Waals surface area contributed by atoms with Crippen molar-refractivity contribution in [3.05, 3.63) is 46.2 Å². The average molecular weight is 269 g/mol. The predicted molar refractivity (Wildman–Crippen MR) is 62.2 cm³/mol. The van der Waals surface area contributed by atoms with Gasteiger partial charge in [0.05, 0.1) is 0 Å². The second-order valence-corrected chi connectivity index (χ2v) is 4.32. The molecular weight excluding hydrogens is 260 g/mol. The molecule has 2 rings (SSSR count). The summed E-state index contributed by atoms with van der Waals surface area (Å²) in [5.41, 5.74) is 0.214. The molecule has 1 aromatic heterocycles. The van der Waals surface area contributed by atoms with Crippen LogP contribution in [0.25, 0.3) is 0 Å². The Morgan fingerprint density at radius 3 is 2.83 bits per heavy atom. The first-order valence-corrected chi connectivity index (χ1v) is 5.86. The number of amides is 1. The van der Waals surface area contributed by atoms with Crippen LogP contribution in [-0.2, 0) is 6.54 Å². The third kappa shape index (κ3) is 2.86. The molecule has 0 radical (unpaired) electrons. The van der Waals surface area contributed by atoms with Crippen LogP contribution >= 0.6 is 11.5 Å². The van der Waals surface area contributed by atoms with Crippen molar-refractivity contribution >= 4 is 17.4 Å². The van der Waals surface area contributed by atoms with Gasteiger partial charge in [-0.25, -0.2) is 13.8 Å². The Hall–Kier alpha value is -1.89. The molecule has 0 spiro atoms. The highest BCUT2D eigenvalue weighted by Gasteiger charge is 2.11. The molecule has 0 aliphatic heterocycles. The highest BCUT2D eigenvalue weighted by atomic mass is 32.1. The minimum atomic E-state index is -0.691. The van der Waals surface area contributed by atoms with E-state index in [2.05, 4.69) is 14.7 Å². The smallest absolute Gasteiger partial charge is 0.282 e. The zero-order valence-corrected chi connectivity index (χ0v) is 10.2. The maximum Gasteiger partial charge on any atom is 0.282 e. The zero-order chi connectivity index (χ0) is 13.1. The lowest BCUT2D eigenvalue weighted by atomic mass is 10.2. The normalized spacial score (nSPS) is 10.4.